The zero-order valence-corrected chi connectivity index (χ0v) is 18.8. The molecular formula is C26H26N2O5. The van der Waals surface area contributed by atoms with Crippen molar-refractivity contribution in [3.8, 4) is 17.2 Å². The Morgan fingerprint density at radius 3 is 2.55 bits per heavy atom. The van der Waals surface area contributed by atoms with Crippen LogP contribution < -0.4 is 19.5 Å². The molecule has 3 aromatic rings. The van der Waals surface area contributed by atoms with Crippen LogP contribution in [0.5, 0.6) is 17.2 Å². The van der Waals surface area contributed by atoms with E-state index in [-0.39, 0.29) is 11.8 Å². The zero-order chi connectivity index (χ0) is 23.4. The lowest BCUT2D eigenvalue weighted by Crippen LogP contribution is -2.37. The van der Waals surface area contributed by atoms with Gasteiger partial charge in [0.05, 0.1) is 19.8 Å². The second-order valence-electron chi connectivity index (χ2n) is 7.78. The summed E-state index contributed by atoms with van der Waals surface area (Å²) in [4.78, 5) is 27.5. The van der Waals surface area contributed by atoms with Crippen molar-refractivity contribution in [3.05, 3.63) is 83.4 Å². The minimum absolute atomic E-state index is 0.0957. The van der Waals surface area contributed by atoms with Gasteiger partial charge in [-0.25, -0.2) is 0 Å². The van der Waals surface area contributed by atoms with Crippen molar-refractivity contribution in [2.45, 2.75) is 26.1 Å². The van der Waals surface area contributed by atoms with Crippen molar-refractivity contribution < 1.29 is 23.8 Å². The maximum Gasteiger partial charge on any atom is 0.263 e. The summed E-state index contributed by atoms with van der Waals surface area (Å²) >= 11 is 0. The highest BCUT2D eigenvalue weighted by molar-refractivity contribution is 6.06. The molecule has 2 amide bonds. The van der Waals surface area contributed by atoms with E-state index < -0.39 is 6.10 Å². The Labute approximate surface area is 192 Å². The van der Waals surface area contributed by atoms with Gasteiger partial charge in [0.1, 0.15) is 17.2 Å². The van der Waals surface area contributed by atoms with E-state index in [0.717, 1.165) is 16.9 Å². The van der Waals surface area contributed by atoms with E-state index in [0.29, 0.717) is 35.8 Å². The van der Waals surface area contributed by atoms with Crippen molar-refractivity contribution >= 4 is 17.5 Å². The predicted octanol–water partition coefficient (Wildman–Crippen LogP) is 4.27. The number of nitrogens with zero attached hydrogens (tertiary/aromatic N) is 1. The number of benzene rings is 3. The van der Waals surface area contributed by atoms with Gasteiger partial charge in [-0.2, -0.15) is 0 Å². The average Bonchev–Trinajstić information content (AvgIpc) is 2.95. The number of methoxy groups -OCH3 is 2. The van der Waals surface area contributed by atoms with Crippen LogP contribution >= 0.6 is 0 Å². The maximum atomic E-state index is 13.0. The van der Waals surface area contributed by atoms with Gasteiger partial charge >= 0.3 is 0 Å². The van der Waals surface area contributed by atoms with E-state index in [1.165, 1.54) is 7.11 Å². The van der Waals surface area contributed by atoms with Gasteiger partial charge < -0.3 is 24.4 Å². The van der Waals surface area contributed by atoms with Crippen LogP contribution in [0.4, 0.5) is 5.69 Å². The molecule has 7 nitrogen and oxygen atoms in total. The fourth-order valence-electron chi connectivity index (χ4n) is 3.79. The molecule has 1 aliphatic rings. The fraction of sp³-hybridized carbons (Fsp3) is 0.231. The topological polar surface area (TPSA) is 77.1 Å². The number of para-hydroxylation sites is 1. The van der Waals surface area contributed by atoms with E-state index in [2.05, 4.69) is 5.32 Å². The summed E-state index contributed by atoms with van der Waals surface area (Å²) < 4.78 is 16.4. The summed E-state index contributed by atoms with van der Waals surface area (Å²) in [6.45, 7) is 2.55. The van der Waals surface area contributed by atoms with E-state index >= 15 is 0 Å². The summed E-state index contributed by atoms with van der Waals surface area (Å²) in [5.74, 6) is 1.52. The van der Waals surface area contributed by atoms with Crippen LogP contribution in [0.3, 0.4) is 0 Å². The number of carbonyl (C=O) groups excluding carboxylic acids is 2. The van der Waals surface area contributed by atoms with Gasteiger partial charge in [-0.05, 0) is 55.0 Å². The molecule has 0 spiro atoms. The van der Waals surface area contributed by atoms with Crippen LogP contribution in [0, 0.1) is 0 Å². The highest BCUT2D eigenvalue weighted by Gasteiger charge is 2.28. The Morgan fingerprint density at radius 1 is 1.06 bits per heavy atom. The predicted molar refractivity (Wildman–Crippen MR) is 125 cm³/mol. The molecule has 1 unspecified atom stereocenters. The Balaban J connectivity index is 1.56. The summed E-state index contributed by atoms with van der Waals surface area (Å²) in [6.07, 6.45) is -0.612. The molecule has 0 bridgehead atoms. The van der Waals surface area contributed by atoms with Crippen LogP contribution in [-0.4, -0.2) is 37.0 Å². The molecule has 7 heteroatoms. The first kappa shape index (κ1) is 22.2. The van der Waals surface area contributed by atoms with Crippen LogP contribution in [0.2, 0.25) is 0 Å². The highest BCUT2D eigenvalue weighted by Crippen LogP contribution is 2.30. The zero-order valence-electron chi connectivity index (χ0n) is 18.8. The standard InChI is InChI=1S/C26H26N2O5/c1-17-26(30)28(15-18-8-11-21(31-2)12-9-18)16-19-14-20(10-13-23(19)33-17)27-25(29)22-6-4-5-7-24(22)32-3/h4-14,17H,15-16H2,1-3H3,(H,27,29). The molecule has 0 aliphatic carbocycles. The largest absolute Gasteiger partial charge is 0.497 e. The Hall–Kier alpha value is -4.00. The number of nitrogens with one attached hydrogen (secondary N) is 1. The van der Waals surface area contributed by atoms with Crippen LogP contribution in [0.1, 0.15) is 28.4 Å². The van der Waals surface area contributed by atoms with Gasteiger partial charge in [0.2, 0.25) is 0 Å². The molecule has 0 saturated heterocycles. The number of fused-ring (bicyclic) bond motifs is 1. The van der Waals surface area contributed by atoms with Crippen molar-refractivity contribution in [2.24, 2.45) is 0 Å². The first-order valence-corrected chi connectivity index (χ1v) is 10.6. The molecule has 0 fully saturated rings. The molecule has 1 aliphatic heterocycles. The molecule has 4 rings (SSSR count). The Morgan fingerprint density at radius 2 is 1.82 bits per heavy atom. The molecule has 3 aromatic carbocycles. The Kier molecular flexibility index (Phi) is 6.49. The third-order valence-electron chi connectivity index (χ3n) is 5.53. The van der Waals surface area contributed by atoms with Crippen molar-refractivity contribution in [1.82, 2.24) is 4.90 Å². The maximum absolute atomic E-state index is 13.0. The average molecular weight is 447 g/mol. The molecule has 170 valence electrons. The first-order valence-electron chi connectivity index (χ1n) is 10.6. The molecule has 1 atom stereocenters. The van der Waals surface area contributed by atoms with Gasteiger partial charge in [-0.15, -0.1) is 0 Å². The minimum Gasteiger partial charge on any atom is -0.497 e. The van der Waals surface area contributed by atoms with Crippen molar-refractivity contribution in [1.29, 1.82) is 0 Å². The van der Waals surface area contributed by atoms with Gasteiger partial charge in [-0.1, -0.05) is 24.3 Å². The first-order chi connectivity index (χ1) is 16.0. The third kappa shape index (κ3) is 4.92. The number of carbonyl (C=O) groups is 2. The highest BCUT2D eigenvalue weighted by atomic mass is 16.5. The van der Waals surface area contributed by atoms with E-state index in [1.54, 1.807) is 49.3 Å². The molecule has 1 N–H and O–H groups in total. The molecule has 0 saturated carbocycles. The SMILES string of the molecule is COc1ccc(CN2Cc3cc(NC(=O)c4ccccc4OC)ccc3OC(C)C2=O)cc1. The lowest BCUT2D eigenvalue weighted by molar-refractivity contribution is -0.138. The number of amides is 2. The van der Waals surface area contributed by atoms with Crippen molar-refractivity contribution in [2.75, 3.05) is 19.5 Å². The van der Waals surface area contributed by atoms with Crippen LogP contribution in [0.25, 0.3) is 0 Å². The minimum atomic E-state index is -0.612. The number of ether oxygens (including phenoxy) is 3. The van der Waals surface area contributed by atoms with Gasteiger partial charge in [0.15, 0.2) is 6.10 Å². The summed E-state index contributed by atoms with van der Waals surface area (Å²) in [7, 11) is 3.15. The normalized spacial score (nSPS) is 15.2. The van der Waals surface area contributed by atoms with E-state index in [4.69, 9.17) is 14.2 Å². The Bertz CT molecular complexity index is 1160. The monoisotopic (exact) mass is 446 g/mol. The van der Waals surface area contributed by atoms with E-state index in [1.807, 2.05) is 36.4 Å². The van der Waals surface area contributed by atoms with E-state index in [9.17, 15) is 9.59 Å². The summed E-state index contributed by atoms with van der Waals surface area (Å²) in [5, 5.41) is 2.91. The number of hydrogen-bond acceptors (Lipinski definition) is 5. The fourth-order valence-corrected chi connectivity index (χ4v) is 3.79. The smallest absolute Gasteiger partial charge is 0.263 e. The number of rotatable bonds is 6. The third-order valence-corrected chi connectivity index (χ3v) is 5.53. The summed E-state index contributed by atoms with van der Waals surface area (Å²) in [5.41, 5.74) is 2.86. The molecule has 0 radical (unpaired) electrons. The van der Waals surface area contributed by atoms with Gasteiger partial charge in [0, 0.05) is 24.3 Å². The second kappa shape index (κ2) is 9.65. The van der Waals surface area contributed by atoms with Gasteiger partial charge in [0.25, 0.3) is 11.8 Å². The molecular weight excluding hydrogens is 420 g/mol. The van der Waals surface area contributed by atoms with Crippen molar-refractivity contribution in [3.63, 3.8) is 0 Å². The summed E-state index contributed by atoms with van der Waals surface area (Å²) in [6, 6.07) is 20.1. The lowest BCUT2D eigenvalue weighted by Gasteiger charge is -2.22. The molecule has 33 heavy (non-hydrogen) atoms. The number of hydrogen-bond donors (Lipinski definition) is 1. The quantitative estimate of drug-likeness (QED) is 0.612. The van der Waals surface area contributed by atoms with Crippen LogP contribution in [-0.2, 0) is 17.9 Å². The molecule has 1 heterocycles. The molecule has 0 aromatic heterocycles. The van der Waals surface area contributed by atoms with Gasteiger partial charge in [-0.3, -0.25) is 9.59 Å². The lowest BCUT2D eigenvalue weighted by atomic mass is 10.1. The number of anilines is 1. The second-order valence-corrected chi connectivity index (χ2v) is 7.78. The van der Waals surface area contributed by atoms with Crippen LogP contribution in [0.15, 0.2) is 66.7 Å².